The van der Waals surface area contributed by atoms with Crippen LogP contribution < -0.4 is 38.0 Å². The summed E-state index contributed by atoms with van der Waals surface area (Å²) in [6.07, 6.45) is 0. The summed E-state index contributed by atoms with van der Waals surface area (Å²) in [5.74, 6) is 1.84. The Bertz CT molecular complexity index is 1380. The van der Waals surface area contributed by atoms with Crippen molar-refractivity contribution in [2.24, 2.45) is 0 Å². The summed E-state index contributed by atoms with van der Waals surface area (Å²) in [5, 5.41) is 2.69. The van der Waals surface area contributed by atoms with Gasteiger partial charge >= 0.3 is 0 Å². The van der Waals surface area contributed by atoms with Crippen LogP contribution >= 0.6 is 0 Å². The van der Waals surface area contributed by atoms with Gasteiger partial charge in [-0.05, 0) is 36.4 Å². The molecule has 0 aliphatic heterocycles. The number of carbonyl (C=O) groups is 1. The van der Waals surface area contributed by atoms with Crippen molar-refractivity contribution >= 4 is 21.6 Å². The Labute approximate surface area is 228 Å². The minimum Gasteiger partial charge on any atom is -0.497 e. The van der Waals surface area contributed by atoms with Gasteiger partial charge in [0.25, 0.3) is 10.0 Å². The predicted molar refractivity (Wildman–Crippen MR) is 145 cm³/mol. The van der Waals surface area contributed by atoms with Crippen LogP contribution in [-0.4, -0.2) is 69.6 Å². The zero-order chi connectivity index (χ0) is 28.4. The largest absolute Gasteiger partial charge is 0.497 e. The summed E-state index contributed by atoms with van der Waals surface area (Å²) in [4.78, 5) is 12.9. The van der Waals surface area contributed by atoms with E-state index in [9.17, 15) is 13.2 Å². The van der Waals surface area contributed by atoms with Crippen LogP contribution in [0.5, 0.6) is 34.5 Å². The van der Waals surface area contributed by atoms with Crippen molar-refractivity contribution in [1.29, 1.82) is 0 Å². The summed E-state index contributed by atoms with van der Waals surface area (Å²) in [5.41, 5.74) is 0.120. The fraction of sp³-hybridized carbons (Fsp3) is 0.296. The number of sulfonamides is 1. The number of amides is 1. The lowest BCUT2D eigenvalue weighted by Crippen LogP contribution is -2.42. The molecule has 0 atom stereocenters. The lowest BCUT2D eigenvalue weighted by atomic mass is 10.2. The van der Waals surface area contributed by atoms with Crippen LogP contribution in [0.3, 0.4) is 0 Å². The molecule has 0 saturated carbocycles. The SMILES string of the molecule is COc1cccc(OCCNC(=O)CN(c2cc(OC)ccc2OC)S(=O)(=O)c2ccc(OC)c(OC)c2)c1. The molecule has 0 fully saturated rings. The van der Waals surface area contributed by atoms with Gasteiger partial charge in [0, 0.05) is 18.2 Å². The van der Waals surface area contributed by atoms with Crippen LogP contribution in [0.1, 0.15) is 0 Å². The monoisotopic (exact) mass is 560 g/mol. The van der Waals surface area contributed by atoms with Gasteiger partial charge in [-0.25, -0.2) is 8.42 Å². The number of nitrogens with one attached hydrogen (secondary N) is 1. The first-order chi connectivity index (χ1) is 18.8. The Hall–Kier alpha value is -4.32. The Morgan fingerprint density at radius 3 is 2.05 bits per heavy atom. The van der Waals surface area contributed by atoms with E-state index in [1.165, 1.54) is 52.7 Å². The number of hydrogen-bond donors (Lipinski definition) is 1. The highest BCUT2D eigenvalue weighted by molar-refractivity contribution is 7.92. The van der Waals surface area contributed by atoms with E-state index < -0.39 is 22.5 Å². The number of rotatable bonds is 14. The van der Waals surface area contributed by atoms with Gasteiger partial charge in [-0.3, -0.25) is 9.10 Å². The molecule has 0 unspecified atom stereocenters. The van der Waals surface area contributed by atoms with Gasteiger partial charge in [0.15, 0.2) is 11.5 Å². The molecule has 0 heterocycles. The molecular weight excluding hydrogens is 528 g/mol. The Balaban J connectivity index is 1.87. The van der Waals surface area contributed by atoms with Gasteiger partial charge in [0.1, 0.15) is 36.1 Å². The van der Waals surface area contributed by atoms with E-state index in [0.29, 0.717) is 23.0 Å². The van der Waals surface area contributed by atoms with Gasteiger partial charge in [-0.2, -0.15) is 0 Å². The van der Waals surface area contributed by atoms with Gasteiger partial charge in [0.2, 0.25) is 5.91 Å². The van der Waals surface area contributed by atoms with Crippen molar-refractivity contribution in [2.75, 3.05) is 59.6 Å². The molecule has 11 nitrogen and oxygen atoms in total. The highest BCUT2D eigenvalue weighted by Crippen LogP contribution is 2.37. The zero-order valence-corrected chi connectivity index (χ0v) is 23.2. The number of anilines is 1. The van der Waals surface area contributed by atoms with Gasteiger partial charge < -0.3 is 33.7 Å². The maximum atomic E-state index is 13.9. The number of nitrogens with zero attached hydrogens (tertiary/aromatic N) is 1. The van der Waals surface area contributed by atoms with E-state index in [4.69, 9.17) is 28.4 Å². The van der Waals surface area contributed by atoms with Crippen LogP contribution in [-0.2, 0) is 14.8 Å². The predicted octanol–water partition coefficient (Wildman–Crippen LogP) is 3.12. The molecule has 1 amide bonds. The molecule has 0 spiro atoms. The molecule has 3 rings (SSSR count). The van der Waals surface area contributed by atoms with Crippen molar-refractivity contribution < 1.29 is 41.6 Å². The van der Waals surface area contributed by atoms with Crippen molar-refractivity contribution in [3.05, 3.63) is 60.7 Å². The minimum absolute atomic E-state index is 0.112. The lowest BCUT2D eigenvalue weighted by molar-refractivity contribution is -0.119. The maximum Gasteiger partial charge on any atom is 0.265 e. The molecule has 1 N–H and O–H groups in total. The summed E-state index contributed by atoms with van der Waals surface area (Å²) in [6, 6.07) is 15.9. The van der Waals surface area contributed by atoms with Crippen LogP contribution in [0.4, 0.5) is 5.69 Å². The smallest absolute Gasteiger partial charge is 0.265 e. The average molecular weight is 561 g/mol. The van der Waals surface area contributed by atoms with Crippen LogP contribution in [0.15, 0.2) is 65.6 Å². The van der Waals surface area contributed by atoms with E-state index in [1.54, 1.807) is 43.5 Å². The minimum atomic E-state index is -4.29. The van der Waals surface area contributed by atoms with E-state index in [0.717, 1.165) is 4.31 Å². The molecule has 210 valence electrons. The number of methoxy groups -OCH3 is 5. The molecule has 3 aromatic carbocycles. The molecule has 39 heavy (non-hydrogen) atoms. The molecule has 0 saturated heterocycles. The molecule has 0 aliphatic carbocycles. The normalized spacial score (nSPS) is 10.8. The Morgan fingerprint density at radius 1 is 0.744 bits per heavy atom. The first kappa shape index (κ1) is 29.2. The Kier molecular flexibility index (Phi) is 10.1. The van der Waals surface area contributed by atoms with Gasteiger partial charge in [-0.1, -0.05) is 6.07 Å². The molecule has 0 aromatic heterocycles. The number of benzene rings is 3. The second-order valence-electron chi connectivity index (χ2n) is 7.94. The van der Waals surface area contributed by atoms with Crippen molar-refractivity contribution in [2.45, 2.75) is 4.90 Å². The maximum absolute atomic E-state index is 13.9. The van der Waals surface area contributed by atoms with E-state index >= 15 is 0 Å². The molecule has 0 bridgehead atoms. The molecule has 3 aromatic rings. The third-order valence-corrected chi connectivity index (χ3v) is 7.37. The highest BCUT2D eigenvalue weighted by Gasteiger charge is 2.31. The van der Waals surface area contributed by atoms with E-state index in [1.807, 2.05) is 0 Å². The lowest BCUT2D eigenvalue weighted by Gasteiger charge is -2.26. The van der Waals surface area contributed by atoms with Crippen LogP contribution in [0.2, 0.25) is 0 Å². The fourth-order valence-corrected chi connectivity index (χ4v) is 5.07. The summed E-state index contributed by atoms with van der Waals surface area (Å²) in [6.45, 7) is -0.251. The summed E-state index contributed by atoms with van der Waals surface area (Å²) in [7, 11) is 2.97. The summed E-state index contributed by atoms with van der Waals surface area (Å²) >= 11 is 0. The van der Waals surface area contributed by atoms with E-state index in [2.05, 4.69) is 5.32 Å². The van der Waals surface area contributed by atoms with E-state index in [-0.39, 0.29) is 35.2 Å². The van der Waals surface area contributed by atoms with Crippen molar-refractivity contribution in [3.63, 3.8) is 0 Å². The molecular formula is C27H32N2O9S. The highest BCUT2D eigenvalue weighted by atomic mass is 32.2. The summed E-state index contributed by atoms with van der Waals surface area (Å²) < 4.78 is 60.8. The first-order valence-corrected chi connectivity index (χ1v) is 13.2. The zero-order valence-electron chi connectivity index (χ0n) is 22.4. The number of carbonyl (C=O) groups excluding carboxylic acids is 1. The van der Waals surface area contributed by atoms with Crippen LogP contribution in [0.25, 0.3) is 0 Å². The molecule has 12 heteroatoms. The standard InChI is InChI=1S/C27H32N2O9S/c1-33-19-7-6-8-21(15-19)38-14-13-28-27(30)18-29(23-16-20(34-2)9-11-24(23)35-3)39(31,32)22-10-12-25(36-4)26(17-22)37-5/h6-12,15-17H,13-14,18H2,1-5H3,(H,28,30). The van der Waals surface area contributed by atoms with Crippen molar-refractivity contribution in [1.82, 2.24) is 5.32 Å². The first-order valence-electron chi connectivity index (χ1n) is 11.8. The third kappa shape index (κ3) is 7.17. The Morgan fingerprint density at radius 2 is 1.38 bits per heavy atom. The van der Waals surface area contributed by atoms with Gasteiger partial charge in [0.05, 0.1) is 52.7 Å². The fourth-order valence-electron chi connectivity index (χ4n) is 3.63. The number of hydrogen-bond acceptors (Lipinski definition) is 9. The third-order valence-electron chi connectivity index (χ3n) is 5.62. The molecule has 0 aliphatic rings. The second-order valence-corrected chi connectivity index (χ2v) is 9.81. The van der Waals surface area contributed by atoms with Crippen molar-refractivity contribution in [3.8, 4) is 34.5 Å². The van der Waals surface area contributed by atoms with Crippen LogP contribution in [0, 0.1) is 0 Å². The quantitative estimate of drug-likeness (QED) is 0.296. The second kappa shape index (κ2) is 13.5. The average Bonchev–Trinajstić information content (AvgIpc) is 2.97. The molecule has 0 radical (unpaired) electrons. The topological polar surface area (TPSA) is 122 Å². The number of ether oxygens (including phenoxy) is 6. The van der Waals surface area contributed by atoms with Gasteiger partial charge in [-0.15, -0.1) is 0 Å².